The number of pyridine rings is 1. The molecular formula is C17H17N3O2S. The van der Waals surface area contributed by atoms with Crippen LogP contribution in [0.25, 0.3) is 0 Å². The van der Waals surface area contributed by atoms with E-state index in [9.17, 15) is 9.59 Å². The van der Waals surface area contributed by atoms with Crippen molar-refractivity contribution in [2.24, 2.45) is 0 Å². The minimum Gasteiger partial charge on any atom is -0.335 e. The molecule has 2 heterocycles. The number of carbonyl (C=O) groups excluding carboxylic acids is 2. The predicted octanol–water partition coefficient (Wildman–Crippen LogP) is 1.97. The Kier molecular flexibility index (Phi) is 4.62. The van der Waals surface area contributed by atoms with Crippen LogP contribution in [0.5, 0.6) is 0 Å². The van der Waals surface area contributed by atoms with E-state index in [2.05, 4.69) is 17.6 Å². The summed E-state index contributed by atoms with van der Waals surface area (Å²) in [6.07, 6.45) is 3.22. The van der Waals surface area contributed by atoms with Crippen LogP contribution in [-0.4, -0.2) is 52.8 Å². The maximum atomic E-state index is 12.5. The number of amides is 2. The molecule has 1 aromatic carbocycles. The van der Waals surface area contributed by atoms with E-state index in [-0.39, 0.29) is 11.8 Å². The lowest BCUT2D eigenvalue weighted by molar-refractivity contribution is 0.0533. The Morgan fingerprint density at radius 1 is 0.870 bits per heavy atom. The molecule has 6 heteroatoms. The van der Waals surface area contributed by atoms with E-state index in [0.29, 0.717) is 42.2 Å². The number of rotatable bonds is 2. The van der Waals surface area contributed by atoms with Crippen molar-refractivity contribution in [3.63, 3.8) is 0 Å². The number of piperazine rings is 1. The van der Waals surface area contributed by atoms with Crippen LogP contribution in [0.15, 0.2) is 53.7 Å². The highest BCUT2D eigenvalue weighted by Gasteiger charge is 2.26. The summed E-state index contributed by atoms with van der Waals surface area (Å²) in [5.41, 5.74) is 1.23. The molecule has 1 fully saturated rings. The second-order valence-corrected chi connectivity index (χ2v) is 5.82. The smallest absolute Gasteiger partial charge is 0.255 e. The molecule has 0 radical (unpaired) electrons. The lowest BCUT2D eigenvalue weighted by Crippen LogP contribution is -2.50. The van der Waals surface area contributed by atoms with E-state index < -0.39 is 0 Å². The largest absolute Gasteiger partial charge is 0.335 e. The van der Waals surface area contributed by atoms with Gasteiger partial charge in [-0.05, 0) is 24.3 Å². The first kappa shape index (κ1) is 15.6. The monoisotopic (exact) mass is 327 g/mol. The fourth-order valence-corrected chi connectivity index (χ4v) is 2.87. The molecule has 0 aliphatic carbocycles. The predicted molar refractivity (Wildman–Crippen MR) is 89.7 cm³/mol. The van der Waals surface area contributed by atoms with E-state index in [4.69, 9.17) is 0 Å². The molecule has 0 unspecified atom stereocenters. The third-order valence-corrected chi connectivity index (χ3v) is 4.31. The highest BCUT2D eigenvalue weighted by Crippen LogP contribution is 2.17. The molecule has 1 aromatic heterocycles. The number of benzene rings is 1. The summed E-state index contributed by atoms with van der Waals surface area (Å²) in [6, 6.07) is 10.7. The van der Waals surface area contributed by atoms with E-state index in [1.165, 1.54) is 0 Å². The van der Waals surface area contributed by atoms with Crippen LogP contribution in [0.3, 0.4) is 0 Å². The van der Waals surface area contributed by atoms with E-state index >= 15 is 0 Å². The summed E-state index contributed by atoms with van der Waals surface area (Å²) in [5.74, 6) is -0.0549. The van der Waals surface area contributed by atoms with E-state index in [0.717, 1.165) is 0 Å². The SMILES string of the molecule is O=C(c1ccncc1)N1CCN(C(=O)c2ccccc2S)CC1. The van der Waals surface area contributed by atoms with Gasteiger partial charge in [-0.2, -0.15) is 0 Å². The fraction of sp³-hybridized carbons (Fsp3) is 0.235. The van der Waals surface area contributed by atoms with Crippen molar-refractivity contribution in [2.75, 3.05) is 26.2 Å². The van der Waals surface area contributed by atoms with Gasteiger partial charge in [0.25, 0.3) is 11.8 Å². The van der Waals surface area contributed by atoms with Crippen molar-refractivity contribution in [3.8, 4) is 0 Å². The van der Waals surface area contributed by atoms with Gasteiger partial charge in [-0.15, -0.1) is 12.6 Å². The van der Waals surface area contributed by atoms with Gasteiger partial charge in [-0.3, -0.25) is 14.6 Å². The van der Waals surface area contributed by atoms with E-state index in [1.54, 1.807) is 46.5 Å². The quantitative estimate of drug-likeness (QED) is 0.858. The lowest BCUT2D eigenvalue weighted by atomic mass is 10.1. The highest BCUT2D eigenvalue weighted by atomic mass is 32.1. The Labute approximate surface area is 140 Å². The molecule has 118 valence electrons. The summed E-state index contributed by atoms with van der Waals surface area (Å²) >= 11 is 4.34. The first-order valence-electron chi connectivity index (χ1n) is 7.43. The Morgan fingerprint density at radius 3 is 2.04 bits per heavy atom. The minimum absolute atomic E-state index is 0.0194. The van der Waals surface area contributed by atoms with Gasteiger partial charge >= 0.3 is 0 Å². The summed E-state index contributed by atoms with van der Waals surface area (Å²) in [6.45, 7) is 2.11. The fourth-order valence-electron chi connectivity index (χ4n) is 2.61. The summed E-state index contributed by atoms with van der Waals surface area (Å²) in [5, 5.41) is 0. The van der Waals surface area contributed by atoms with Gasteiger partial charge in [-0.1, -0.05) is 12.1 Å². The highest BCUT2D eigenvalue weighted by molar-refractivity contribution is 7.80. The van der Waals surface area contributed by atoms with Crippen LogP contribution < -0.4 is 0 Å². The number of carbonyl (C=O) groups is 2. The summed E-state index contributed by atoms with van der Waals surface area (Å²) in [4.78, 5) is 33.0. The zero-order valence-corrected chi connectivity index (χ0v) is 13.4. The van der Waals surface area contributed by atoms with Gasteiger partial charge in [0.05, 0.1) is 5.56 Å². The van der Waals surface area contributed by atoms with Gasteiger partial charge in [0.1, 0.15) is 0 Å². The number of hydrogen-bond donors (Lipinski definition) is 1. The van der Waals surface area contributed by atoms with Crippen LogP contribution in [-0.2, 0) is 0 Å². The molecular weight excluding hydrogens is 310 g/mol. The lowest BCUT2D eigenvalue weighted by Gasteiger charge is -2.35. The van der Waals surface area contributed by atoms with Crippen LogP contribution in [0, 0.1) is 0 Å². The Hall–Kier alpha value is -2.34. The summed E-state index contributed by atoms with van der Waals surface area (Å²) in [7, 11) is 0. The first-order valence-corrected chi connectivity index (χ1v) is 7.88. The van der Waals surface area contributed by atoms with Crippen molar-refractivity contribution in [3.05, 3.63) is 59.9 Å². The molecule has 0 N–H and O–H groups in total. The Bertz CT molecular complexity index is 713. The Morgan fingerprint density at radius 2 is 1.43 bits per heavy atom. The van der Waals surface area contributed by atoms with Crippen molar-refractivity contribution >= 4 is 24.4 Å². The number of thiol groups is 1. The molecule has 0 spiro atoms. The summed E-state index contributed by atoms with van der Waals surface area (Å²) < 4.78 is 0. The van der Waals surface area contributed by atoms with Gasteiger partial charge in [0.15, 0.2) is 0 Å². The Balaban J connectivity index is 1.64. The second kappa shape index (κ2) is 6.83. The van der Waals surface area contributed by atoms with E-state index in [1.807, 2.05) is 12.1 Å². The maximum absolute atomic E-state index is 12.5. The second-order valence-electron chi connectivity index (χ2n) is 5.34. The molecule has 1 saturated heterocycles. The normalized spacial score (nSPS) is 14.7. The molecule has 0 saturated carbocycles. The molecule has 23 heavy (non-hydrogen) atoms. The van der Waals surface area contributed by atoms with Gasteiger partial charge in [-0.25, -0.2) is 0 Å². The van der Waals surface area contributed by atoms with Crippen molar-refractivity contribution in [1.29, 1.82) is 0 Å². The molecule has 1 aliphatic rings. The first-order chi connectivity index (χ1) is 11.2. The maximum Gasteiger partial charge on any atom is 0.255 e. The number of nitrogens with zero attached hydrogens (tertiary/aromatic N) is 3. The van der Waals surface area contributed by atoms with Crippen LogP contribution in [0.1, 0.15) is 20.7 Å². The molecule has 1 aliphatic heterocycles. The third kappa shape index (κ3) is 3.37. The van der Waals surface area contributed by atoms with Crippen molar-refractivity contribution in [2.45, 2.75) is 4.90 Å². The minimum atomic E-state index is -0.0355. The standard InChI is InChI=1S/C17H17N3O2S/c21-16(13-5-7-18-8-6-13)19-9-11-20(12-10-19)17(22)14-3-1-2-4-15(14)23/h1-8,23H,9-12H2. The number of hydrogen-bond acceptors (Lipinski definition) is 4. The third-order valence-electron chi connectivity index (χ3n) is 3.92. The van der Waals surface area contributed by atoms with Crippen LogP contribution in [0.4, 0.5) is 0 Å². The van der Waals surface area contributed by atoms with Gasteiger partial charge < -0.3 is 9.80 Å². The molecule has 0 bridgehead atoms. The average Bonchev–Trinajstić information content (AvgIpc) is 2.62. The zero-order valence-electron chi connectivity index (χ0n) is 12.6. The average molecular weight is 327 g/mol. The molecule has 3 rings (SSSR count). The van der Waals surface area contributed by atoms with Crippen molar-refractivity contribution in [1.82, 2.24) is 14.8 Å². The number of aromatic nitrogens is 1. The molecule has 0 atom stereocenters. The molecule has 2 aromatic rings. The topological polar surface area (TPSA) is 53.5 Å². The molecule has 5 nitrogen and oxygen atoms in total. The van der Waals surface area contributed by atoms with Gasteiger partial charge in [0, 0.05) is 49.0 Å². The van der Waals surface area contributed by atoms with Crippen LogP contribution >= 0.6 is 12.6 Å². The zero-order chi connectivity index (χ0) is 16.2. The van der Waals surface area contributed by atoms with Crippen LogP contribution in [0.2, 0.25) is 0 Å². The molecule has 2 amide bonds. The van der Waals surface area contributed by atoms with Gasteiger partial charge in [0.2, 0.25) is 0 Å². The van der Waals surface area contributed by atoms with Crippen molar-refractivity contribution < 1.29 is 9.59 Å².